The highest BCUT2D eigenvalue weighted by Crippen LogP contribution is 2.41. The highest BCUT2D eigenvalue weighted by atomic mass is 32.2. The standard InChI is InChI=1S/C12H17NOSSi/c1-13-9-7-5-6-8-10(9)15-12(11(13)14)16(2,3)4/h5-8,12H,1-4H3. The monoisotopic (exact) mass is 251 g/mol. The molecule has 1 aliphatic heterocycles. The van der Waals surface area contributed by atoms with Crippen LogP contribution in [0.2, 0.25) is 19.6 Å². The third-order valence-corrected chi connectivity index (χ3v) is 8.14. The van der Waals surface area contributed by atoms with E-state index >= 15 is 0 Å². The van der Waals surface area contributed by atoms with E-state index in [2.05, 4.69) is 25.7 Å². The third-order valence-electron chi connectivity index (χ3n) is 2.81. The molecule has 0 bridgehead atoms. The number of anilines is 1. The first-order valence-corrected chi connectivity index (χ1v) is 9.90. The molecule has 0 fully saturated rings. The van der Waals surface area contributed by atoms with Gasteiger partial charge in [-0.15, -0.1) is 11.8 Å². The first-order valence-electron chi connectivity index (χ1n) is 5.44. The molecule has 1 heterocycles. The summed E-state index contributed by atoms with van der Waals surface area (Å²) in [6.45, 7) is 6.76. The fourth-order valence-electron chi connectivity index (χ4n) is 1.85. The van der Waals surface area contributed by atoms with Crippen molar-refractivity contribution < 1.29 is 4.79 Å². The lowest BCUT2D eigenvalue weighted by Gasteiger charge is -2.36. The molecular weight excluding hydrogens is 234 g/mol. The van der Waals surface area contributed by atoms with Crippen molar-refractivity contribution in [1.29, 1.82) is 0 Å². The number of rotatable bonds is 1. The van der Waals surface area contributed by atoms with E-state index in [0.717, 1.165) is 5.69 Å². The van der Waals surface area contributed by atoms with Gasteiger partial charge in [-0.3, -0.25) is 4.79 Å². The molecule has 0 aromatic heterocycles. The number of carbonyl (C=O) groups excluding carboxylic acids is 1. The molecule has 16 heavy (non-hydrogen) atoms. The zero-order chi connectivity index (χ0) is 11.9. The molecule has 0 N–H and O–H groups in total. The van der Waals surface area contributed by atoms with Gasteiger partial charge in [-0.05, 0) is 12.1 Å². The number of thioether (sulfide) groups is 1. The van der Waals surface area contributed by atoms with Gasteiger partial charge >= 0.3 is 0 Å². The molecule has 0 spiro atoms. The van der Waals surface area contributed by atoms with E-state index in [4.69, 9.17) is 0 Å². The number of benzene rings is 1. The van der Waals surface area contributed by atoms with Crippen molar-refractivity contribution in [2.45, 2.75) is 29.4 Å². The van der Waals surface area contributed by atoms with Crippen molar-refractivity contribution in [2.75, 3.05) is 11.9 Å². The van der Waals surface area contributed by atoms with Crippen LogP contribution in [0.25, 0.3) is 0 Å². The van der Waals surface area contributed by atoms with Crippen molar-refractivity contribution in [3.05, 3.63) is 24.3 Å². The van der Waals surface area contributed by atoms with E-state index in [1.54, 1.807) is 11.8 Å². The summed E-state index contributed by atoms with van der Waals surface area (Å²) in [6.07, 6.45) is 0. The second-order valence-electron chi connectivity index (χ2n) is 5.23. The minimum absolute atomic E-state index is 0.146. The molecule has 0 saturated carbocycles. The molecule has 2 rings (SSSR count). The topological polar surface area (TPSA) is 20.3 Å². The Bertz CT molecular complexity index is 427. The van der Waals surface area contributed by atoms with Gasteiger partial charge in [-0.2, -0.15) is 0 Å². The maximum atomic E-state index is 12.3. The van der Waals surface area contributed by atoms with Crippen molar-refractivity contribution in [3.8, 4) is 0 Å². The van der Waals surface area contributed by atoms with Crippen LogP contribution in [0.4, 0.5) is 5.69 Å². The molecule has 2 nitrogen and oxygen atoms in total. The van der Waals surface area contributed by atoms with Crippen LogP contribution in [-0.4, -0.2) is 25.9 Å². The maximum absolute atomic E-state index is 12.3. The van der Waals surface area contributed by atoms with Gasteiger partial charge in [0, 0.05) is 11.9 Å². The molecule has 1 aromatic carbocycles. The minimum Gasteiger partial charge on any atom is -0.314 e. The molecule has 0 radical (unpaired) electrons. The molecule has 4 heteroatoms. The number of para-hydroxylation sites is 1. The van der Waals surface area contributed by atoms with E-state index < -0.39 is 8.07 Å². The van der Waals surface area contributed by atoms with Gasteiger partial charge in [-0.25, -0.2) is 0 Å². The summed E-state index contributed by atoms with van der Waals surface area (Å²) in [5.74, 6) is 0.267. The lowest BCUT2D eigenvalue weighted by molar-refractivity contribution is -0.116. The van der Waals surface area contributed by atoms with Crippen LogP contribution in [0.15, 0.2) is 29.2 Å². The first-order chi connectivity index (χ1) is 7.41. The van der Waals surface area contributed by atoms with Gasteiger partial charge < -0.3 is 4.90 Å². The SMILES string of the molecule is CN1C(=O)C([Si](C)(C)C)Sc2ccccc21. The summed E-state index contributed by atoms with van der Waals surface area (Å²) in [4.78, 5) is 15.5. The Hall–Kier alpha value is -0.743. The predicted molar refractivity (Wildman–Crippen MR) is 72.8 cm³/mol. The summed E-state index contributed by atoms with van der Waals surface area (Å²) in [6, 6.07) is 8.14. The Balaban J connectivity index is 2.44. The number of nitrogens with zero attached hydrogens (tertiary/aromatic N) is 1. The van der Waals surface area contributed by atoms with Gasteiger partial charge in [0.15, 0.2) is 0 Å². The molecule has 1 aromatic rings. The Labute approximate surface area is 102 Å². The smallest absolute Gasteiger partial charge is 0.237 e. The van der Waals surface area contributed by atoms with E-state index in [1.807, 2.05) is 30.1 Å². The fourth-order valence-corrected chi connectivity index (χ4v) is 5.58. The van der Waals surface area contributed by atoms with Crippen LogP contribution in [0.5, 0.6) is 0 Å². The van der Waals surface area contributed by atoms with Gasteiger partial charge in [-0.1, -0.05) is 31.8 Å². The third kappa shape index (κ3) is 1.91. The van der Waals surface area contributed by atoms with Crippen LogP contribution in [0.3, 0.4) is 0 Å². The average molecular weight is 251 g/mol. The fraction of sp³-hybridized carbons (Fsp3) is 0.417. The van der Waals surface area contributed by atoms with Gasteiger partial charge in [0.1, 0.15) is 0 Å². The largest absolute Gasteiger partial charge is 0.314 e. The van der Waals surface area contributed by atoms with Crippen LogP contribution in [0.1, 0.15) is 0 Å². The summed E-state index contributed by atoms with van der Waals surface area (Å²) < 4.78 is 0. The average Bonchev–Trinajstić information content (AvgIpc) is 2.22. The van der Waals surface area contributed by atoms with Gasteiger partial charge in [0.25, 0.3) is 0 Å². The lowest BCUT2D eigenvalue weighted by Crippen LogP contribution is -2.50. The quantitative estimate of drug-likeness (QED) is 0.715. The summed E-state index contributed by atoms with van der Waals surface area (Å²) in [5, 5.41) is 0. The van der Waals surface area contributed by atoms with Crippen LogP contribution >= 0.6 is 11.8 Å². The van der Waals surface area contributed by atoms with Gasteiger partial charge in [0.2, 0.25) is 5.91 Å². The first kappa shape index (κ1) is 11.7. The molecule has 0 aliphatic carbocycles. The van der Waals surface area contributed by atoms with Crippen molar-refractivity contribution >= 4 is 31.4 Å². The summed E-state index contributed by atoms with van der Waals surface area (Å²) in [5.41, 5.74) is 1.05. The number of hydrogen-bond donors (Lipinski definition) is 0. The van der Waals surface area contributed by atoms with Crippen LogP contribution in [-0.2, 0) is 4.79 Å². The highest BCUT2D eigenvalue weighted by Gasteiger charge is 2.39. The molecule has 1 amide bonds. The summed E-state index contributed by atoms with van der Waals surface area (Å²) in [7, 11) is 0.425. The number of amides is 1. The number of carbonyl (C=O) groups is 1. The maximum Gasteiger partial charge on any atom is 0.237 e. The summed E-state index contributed by atoms with van der Waals surface area (Å²) >= 11 is 1.75. The van der Waals surface area contributed by atoms with E-state index in [9.17, 15) is 4.79 Å². The van der Waals surface area contributed by atoms with E-state index in [0.29, 0.717) is 0 Å². The van der Waals surface area contributed by atoms with Crippen molar-refractivity contribution in [3.63, 3.8) is 0 Å². The molecular formula is C12H17NOSSi. The Kier molecular flexibility index (Phi) is 2.88. The zero-order valence-corrected chi connectivity index (χ0v) is 12.0. The minimum atomic E-state index is -1.46. The Morgan fingerprint density at radius 1 is 1.25 bits per heavy atom. The normalized spacial score (nSPS) is 20.9. The molecule has 86 valence electrons. The number of hydrogen-bond acceptors (Lipinski definition) is 2. The lowest BCUT2D eigenvalue weighted by atomic mass is 10.3. The molecule has 1 aliphatic rings. The predicted octanol–water partition coefficient (Wildman–Crippen LogP) is 3.00. The zero-order valence-electron chi connectivity index (χ0n) is 10.2. The second-order valence-corrected chi connectivity index (χ2v) is 12.1. The van der Waals surface area contributed by atoms with E-state index in [-0.39, 0.29) is 10.8 Å². The van der Waals surface area contributed by atoms with Gasteiger partial charge in [0.05, 0.1) is 18.6 Å². The molecule has 1 atom stereocenters. The van der Waals surface area contributed by atoms with Crippen molar-refractivity contribution in [1.82, 2.24) is 0 Å². The van der Waals surface area contributed by atoms with Crippen LogP contribution in [0, 0.1) is 0 Å². The molecule has 0 saturated heterocycles. The molecule has 1 unspecified atom stereocenters. The Morgan fingerprint density at radius 3 is 2.50 bits per heavy atom. The van der Waals surface area contributed by atoms with Crippen molar-refractivity contribution in [2.24, 2.45) is 0 Å². The second kappa shape index (κ2) is 3.93. The highest BCUT2D eigenvalue weighted by molar-refractivity contribution is 8.02. The van der Waals surface area contributed by atoms with Crippen LogP contribution < -0.4 is 4.90 Å². The Morgan fingerprint density at radius 2 is 1.88 bits per heavy atom. The van der Waals surface area contributed by atoms with E-state index in [1.165, 1.54) is 4.90 Å². The number of fused-ring (bicyclic) bond motifs is 1.